The molecule has 1 fully saturated rings. The quantitative estimate of drug-likeness (QED) is 0.925. The van der Waals surface area contributed by atoms with Gasteiger partial charge in [-0.15, -0.1) is 11.3 Å². The summed E-state index contributed by atoms with van der Waals surface area (Å²) in [6, 6.07) is 0.292. The normalized spacial score (nSPS) is 24.5. The van der Waals surface area contributed by atoms with Crippen LogP contribution in [0.1, 0.15) is 47.8 Å². The van der Waals surface area contributed by atoms with Crippen molar-refractivity contribution in [3.63, 3.8) is 0 Å². The van der Waals surface area contributed by atoms with Crippen LogP contribution in [0.15, 0.2) is 0 Å². The van der Waals surface area contributed by atoms with Gasteiger partial charge in [-0.2, -0.15) is 0 Å². The predicted molar refractivity (Wildman–Crippen MR) is 78.1 cm³/mol. The van der Waals surface area contributed by atoms with Crippen LogP contribution in [0.5, 0.6) is 0 Å². The third-order valence-corrected chi connectivity index (χ3v) is 5.31. The maximum atomic E-state index is 12.5. The molecule has 0 saturated heterocycles. The number of rotatable bonds is 3. The van der Waals surface area contributed by atoms with Crippen molar-refractivity contribution in [2.24, 2.45) is 11.7 Å². The zero-order chi connectivity index (χ0) is 14.2. The summed E-state index contributed by atoms with van der Waals surface area (Å²) in [5.41, 5.74) is 6.94. The van der Waals surface area contributed by atoms with Crippen molar-refractivity contribution in [2.45, 2.75) is 52.1 Å². The lowest BCUT2D eigenvalue weighted by atomic mass is 10.1. The Hall–Kier alpha value is -0.940. The van der Waals surface area contributed by atoms with Crippen molar-refractivity contribution >= 4 is 17.2 Å². The van der Waals surface area contributed by atoms with E-state index >= 15 is 0 Å². The smallest absolute Gasteiger partial charge is 0.226 e. The molecule has 0 spiro atoms. The Morgan fingerprint density at radius 3 is 2.63 bits per heavy atom. The number of aromatic nitrogens is 1. The standard InChI is InChI=1S/C14H23N3OS/c1-8-13(19-10(3)16-8)9(2)17(4)14(18)11-5-6-12(15)7-11/h9,11-12H,5-7,15H2,1-4H3/t9-,11-,12+/m0/s1. The van der Waals surface area contributed by atoms with Gasteiger partial charge in [-0.1, -0.05) is 0 Å². The lowest BCUT2D eigenvalue weighted by Crippen LogP contribution is -2.34. The van der Waals surface area contributed by atoms with E-state index in [1.54, 1.807) is 11.3 Å². The number of aryl methyl sites for hydroxylation is 2. The average molecular weight is 281 g/mol. The van der Waals surface area contributed by atoms with Gasteiger partial charge in [0.25, 0.3) is 0 Å². The monoisotopic (exact) mass is 281 g/mol. The van der Waals surface area contributed by atoms with Gasteiger partial charge in [0.1, 0.15) is 0 Å². The molecule has 1 heterocycles. The van der Waals surface area contributed by atoms with Gasteiger partial charge in [-0.25, -0.2) is 4.98 Å². The summed E-state index contributed by atoms with van der Waals surface area (Å²) < 4.78 is 0. The van der Waals surface area contributed by atoms with Crippen molar-refractivity contribution in [2.75, 3.05) is 7.05 Å². The van der Waals surface area contributed by atoms with Crippen LogP contribution in [0.2, 0.25) is 0 Å². The van der Waals surface area contributed by atoms with Crippen molar-refractivity contribution in [1.82, 2.24) is 9.88 Å². The van der Waals surface area contributed by atoms with Crippen LogP contribution in [-0.2, 0) is 4.79 Å². The Balaban J connectivity index is 2.08. The minimum Gasteiger partial charge on any atom is -0.338 e. The minimum absolute atomic E-state index is 0.0931. The van der Waals surface area contributed by atoms with E-state index in [0.717, 1.165) is 30.0 Å². The van der Waals surface area contributed by atoms with Crippen LogP contribution in [-0.4, -0.2) is 28.9 Å². The molecule has 19 heavy (non-hydrogen) atoms. The van der Waals surface area contributed by atoms with Gasteiger partial charge >= 0.3 is 0 Å². The predicted octanol–water partition coefficient (Wildman–Crippen LogP) is 2.41. The number of thiazole rings is 1. The first-order chi connectivity index (χ1) is 8.90. The molecule has 0 bridgehead atoms. The first-order valence-electron chi connectivity index (χ1n) is 6.86. The van der Waals surface area contributed by atoms with Gasteiger partial charge in [0.05, 0.1) is 16.7 Å². The third kappa shape index (κ3) is 2.98. The molecule has 1 aliphatic rings. The fourth-order valence-electron chi connectivity index (χ4n) is 2.83. The van der Waals surface area contributed by atoms with Crippen LogP contribution in [0, 0.1) is 19.8 Å². The van der Waals surface area contributed by atoms with Crippen molar-refractivity contribution in [3.8, 4) is 0 Å². The highest BCUT2D eigenvalue weighted by atomic mass is 32.1. The molecule has 1 saturated carbocycles. The van der Waals surface area contributed by atoms with Gasteiger partial charge in [0.2, 0.25) is 5.91 Å². The summed E-state index contributed by atoms with van der Waals surface area (Å²) in [6.45, 7) is 6.09. The first kappa shape index (κ1) is 14.5. The second kappa shape index (κ2) is 5.59. The Kier molecular flexibility index (Phi) is 4.26. The van der Waals surface area contributed by atoms with E-state index in [9.17, 15) is 4.79 Å². The zero-order valence-corrected chi connectivity index (χ0v) is 13.0. The van der Waals surface area contributed by atoms with Crippen molar-refractivity contribution in [3.05, 3.63) is 15.6 Å². The summed E-state index contributed by atoms with van der Waals surface area (Å²) in [6.07, 6.45) is 2.73. The summed E-state index contributed by atoms with van der Waals surface area (Å²) in [5.74, 6) is 0.336. The molecular weight excluding hydrogens is 258 g/mol. The number of hydrogen-bond donors (Lipinski definition) is 1. The molecule has 1 amide bonds. The van der Waals surface area contributed by atoms with Gasteiger partial charge in [0, 0.05) is 23.9 Å². The highest BCUT2D eigenvalue weighted by molar-refractivity contribution is 7.11. The highest BCUT2D eigenvalue weighted by Gasteiger charge is 2.32. The topological polar surface area (TPSA) is 59.2 Å². The molecule has 1 aliphatic carbocycles. The number of carbonyl (C=O) groups is 1. The van der Waals surface area contributed by atoms with Crippen LogP contribution < -0.4 is 5.73 Å². The molecule has 0 aliphatic heterocycles. The van der Waals surface area contributed by atoms with E-state index < -0.39 is 0 Å². The van der Waals surface area contributed by atoms with Gasteiger partial charge in [-0.05, 0) is 40.0 Å². The summed E-state index contributed by atoms with van der Waals surface area (Å²) in [7, 11) is 1.89. The molecule has 0 aromatic carbocycles. The highest BCUT2D eigenvalue weighted by Crippen LogP contribution is 2.32. The van der Waals surface area contributed by atoms with E-state index in [1.807, 2.05) is 25.8 Å². The molecular formula is C14H23N3OS. The van der Waals surface area contributed by atoms with Gasteiger partial charge in [0.15, 0.2) is 0 Å². The molecule has 1 aromatic heterocycles. The molecule has 106 valence electrons. The van der Waals surface area contributed by atoms with E-state index in [0.29, 0.717) is 0 Å². The average Bonchev–Trinajstić information content (AvgIpc) is 2.92. The van der Waals surface area contributed by atoms with E-state index in [2.05, 4.69) is 11.9 Å². The Morgan fingerprint density at radius 2 is 2.16 bits per heavy atom. The molecule has 0 radical (unpaired) electrons. The maximum absolute atomic E-state index is 12.5. The fraction of sp³-hybridized carbons (Fsp3) is 0.714. The van der Waals surface area contributed by atoms with E-state index in [1.165, 1.54) is 4.88 Å². The Morgan fingerprint density at radius 1 is 1.47 bits per heavy atom. The number of nitrogens with two attached hydrogens (primary N) is 1. The maximum Gasteiger partial charge on any atom is 0.226 e. The van der Waals surface area contributed by atoms with E-state index in [4.69, 9.17) is 5.73 Å². The number of hydrogen-bond acceptors (Lipinski definition) is 4. The lowest BCUT2D eigenvalue weighted by molar-refractivity contribution is -0.135. The largest absolute Gasteiger partial charge is 0.338 e. The van der Waals surface area contributed by atoms with Crippen molar-refractivity contribution < 1.29 is 4.79 Å². The summed E-state index contributed by atoms with van der Waals surface area (Å²) >= 11 is 1.68. The molecule has 2 rings (SSSR count). The van der Waals surface area contributed by atoms with Crippen LogP contribution in [0.25, 0.3) is 0 Å². The molecule has 0 unspecified atom stereocenters. The second-order valence-corrected chi connectivity index (χ2v) is 6.81. The molecule has 5 heteroatoms. The minimum atomic E-state index is 0.0931. The Labute approximate surface area is 119 Å². The molecule has 2 N–H and O–H groups in total. The van der Waals surface area contributed by atoms with Gasteiger partial charge in [-0.3, -0.25) is 4.79 Å². The first-order valence-corrected chi connectivity index (χ1v) is 7.68. The fourth-order valence-corrected chi connectivity index (χ4v) is 3.85. The molecule has 4 nitrogen and oxygen atoms in total. The number of nitrogens with zero attached hydrogens (tertiary/aromatic N) is 2. The summed E-state index contributed by atoms with van der Waals surface area (Å²) in [5, 5.41) is 1.06. The van der Waals surface area contributed by atoms with E-state index in [-0.39, 0.29) is 23.9 Å². The van der Waals surface area contributed by atoms with Crippen LogP contribution in [0.3, 0.4) is 0 Å². The van der Waals surface area contributed by atoms with Crippen LogP contribution >= 0.6 is 11.3 Å². The number of amides is 1. The zero-order valence-electron chi connectivity index (χ0n) is 12.1. The lowest BCUT2D eigenvalue weighted by Gasteiger charge is -2.27. The number of carbonyl (C=O) groups excluding carboxylic acids is 1. The third-order valence-electron chi connectivity index (χ3n) is 4.07. The molecule has 1 aromatic rings. The van der Waals surface area contributed by atoms with Gasteiger partial charge < -0.3 is 10.6 Å². The van der Waals surface area contributed by atoms with Crippen LogP contribution in [0.4, 0.5) is 0 Å². The van der Waals surface area contributed by atoms with Crippen molar-refractivity contribution in [1.29, 1.82) is 0 Å². The SMILES string of the molecule is Cc1nc(C)c([C@H](C)N(C)C(=O)[C@H]2CC[C@@H](N)C2)s1. The second-order valence-electron chi connectivity index (χ2n) is 5.58. The molecule has 3 atom stereocenters. The summed E-state index contributed by atoms with van der Waals surface area (Å²) in [4.78, 5) is 20.0. The Bertz CT molecular complexity index is 471.